The summed E-state index contributed by atoms with van der Waals surface area (Å²) >= 11 is 0. The molecule has 1 N–H and O–H groups in total. The number of likely N-dealkylation sites (tertiary alicyclic amines) is 1. The van der Waals surface area contributed by atoms with Crippen LogP contribution < -0.4 is 10.2 Å². The van der Waals surface area contributed by atoms with E-state index in [9.17, 15) is 9.18 Å². The summed E-state index contributed by atoms with van der Waals surface area (Å²) in [5.41, 5.74) is 3.87. The van der Waals surface area contributed by atoms with E-state index >= 15 is 0 Å². The molecule has 2 aromatic carbocycles. The Morgan fingerprint density at radius 3 is 2.59 bits per heavy atom. The van der Waals surface area contributed by atoms with Crippen LogP contribution in [-0.4, -0.2) is 54.0 Å². The van der Waals surface area contributed by atoms with E-state index in [0.29, 0.717) is 40.1 Å². The van der Waals surface area contributed by atoms with Gasteiger partial charge in [0.15, 0.2) is 5.58 Å². The van der Waals surface area contributed by atoms with Crippen LogP contribution in [0, 0.1) is 5.82 Å². The average Bonchev–Trinajstić information content (AvgIpc) is 3.28. The first-order valence-electron chi connectivity index (χ1n) is 11.3. The van der Waals surface area contributed by atoms with E-state index in [1.807, 2.05) is 19.2 Å². The number of aromatic nitrogens is 2. The molecular formula is C26H26FN5O2. The second-order valence-corrected chi connectivity index (χ2v) is 8.72. The van der Waals surface area contributed by atoms with Crippen molar-refractivity contribution in [3.63, 3.8) is 0 Å². The van der Waals surface area contributed by atoms with Gasteiger partial charge >= 0.3 is 0 Å². The Morgan fingerprint density at radius 1 is 1.12 bits per heavy atom. The van der Waals surface area contributed by atoms with E-state index in [1.54, 1.807) is 30.3 Å². The number of hydrogen-bond acceptors (Lipinski definition) is 6. The largest absolute Gasteiger partial charge is 0.423 e. The van der Waals surface area contributed by atoms with Gasteiger partial charge in [-0.1, -0.05) is 0 Å². The van der Waals surface area contributed by atoms with E-state index in [2.05, 4.69) is 32.1 Å². The molecule has 8 heteroatoms. The zero-order valence-corrected chi connectivity index (χ0v) is 19.2. The summed E-state index contributed by atoms with van der Waals surface area (Å²) in [6, 6.07) is 15.9. The number of oxazole rings is 1. The molecule has 0 atom stereocenters. The molecule has 5 rings (SSSR count). The number of hydrogen-bond donors (Lipinski definition) is 1. The maximum absolute atomic E-state index is 13.1. The predicted molar refractivity (Wildman–Crippen MR) is 131 cm³/mol. The zero-order valence-electron chi connectivity index (χ0n) is 19.2. The van der Waals surface area contributed by atoms with Crippen LogP contribution in [0.3, 0.4) is 0 Å². The Labute approximate surface area is 197 Å². The summed E-state index contributed by atoms with van der Waals surface area (Å²) in [5.74, 6) is -0.575. The SMILES string of the molecule is CN1CCC(N(C)c2nc3cc(NC(=O)c4ccc(-c5ccc(F)cc5)nc4)ccc3o2)CC1. The molecule has 34 heavy (non-hydrogen) atoms. The molecule has 174 valence electrons. The molecule has 1 aliphatic heterocycles. The number of piperidine rings is 1. The first-order valence-corrected chi connectivity index (χ1v) is 11.3. The maximum Gasteiger partial charge on any atom is 0.298 e. The number of carbonyl (C=O) groups excluding carboxylic acids is 1. The van der Waals surface area contributed by atoms with Crippen LogP contribution in [0.25, 0.3) is 22.4 Å². The molecule has 3 heterocycles. The van der Waals surface area contributed by atoms with Gasteiger partial charge in [0.25, 0.3) is 11.9 Å². The van der Waals surface area contributed by atoms with E-state index < -0.39 is 0 Å². The van der Waals surface area contributed by atoms with Crippen LogP contribution in [0.4, 0.5) is 16.1 Å². The molecule has 1 saturated heterocycles. The average molecular weight is 460 g/mol. The van der Waals surface area contributed by atoms with Gasteiger partial charge in [-0.05, 0) is 87.6 Å². The molecule has 2 aromatic heterocycles. The van der Waals surface area contributed by atoms with Crippen molar-refractivity contribution >= 4 is 28.7 Å². The van der Waals surface area contributed by atoms with Crippen molar-refractivity contribution in [3.8, 4) is 11.3 Å². The highest BCUT2D eigenvalue weighted by molar-refractivity contribution is 6.04. The highest BCUT2D eigenvalue weighted by Crippen LogP contribution is 2.27. The van der Waals surface area contributed by atoms with Gasteiger partial charge in [0.1, 0.15) is 11.3 Å². The molecule has 0 saturated carbocycles. The van der Waals surface area contributed by atoms with Gasteiger partial charge in [-0.3, -0.25) is 9.78 Å². The zero-order chi connectivity index (χ0) is 23.7. The van der Waals surface area contributed by atoms with E-state index in [1.165, 1.54) is 18.3 Å². The number of pyridine rings is 1. The summed E-state index contributed by atoms with van der Waals surface area (Å²) < 4.78 is 19.1. The molecule has 0 unspecified atom stereocenters. The minimum Gasteiger partial charge on any atom is -0.423 e. The normalized spacial score (nSPS) is 14.9. The number of carbonyl (C=O) groups is 1. The quantitative estimate of drug-likeness (QED) is 0.462. The van der Waals surface area contributed by atoms with E-state index in [0.717, 1.165) is 31.5 Å². The summed E-state index contributed by atoms with van der Waals surface area (Å²) in [6.45, 7) is 2.12. The van der Waals surface area contributed by atoms with Gasteiger partial charge in [-0.2, -0.15) is 4.98 Å². The fourth-order valence-electron chi connectivity index (χ4n) is 4.21. The minimum atomic E-state index is -0.301. The third kappa shape index (κ3) is 4.63. The number of rotatable bonds is 5. The Balaban J connectivity index is 1.28. The van der Waals surface area contributed by atoms with Gasteiger partial charge in [0.2, 0.25) is 0 Å². The van der Waals surface area contributed by atoms with E-state index in [-0.39, 0.29) is 11.7 Å². The second kappa shape index (κ2) is 9.23. The fraction of sp³-hybridized carbons (Fsp3) is 0.269. The summed E-state index contributed by atoms with van der Waals surface area (Å²) in [5, 5.41) is 2.89. The van der Waals surface area contributed by atoms with Crippen LogP contribution >= 0.6 is 0 Å². The number of fused-ring (bicyclic) bond motifs is 1. The number of benzene rings is 2. The van der Waals surface area contributed by atoms with Crippen molar-refractivity contribution in [2.75, 3.05) is 37.4 Å². The summed E-state index contributed by atoms with van der Waals surface area (Å²) in [7, 11) is 4.16. The highest BCUT2D eigenvalue weighted by atomic mass is 19.1. The Morgan fingerprint density at radius 2 is 1.88 bits per heavy atom. The minimum absolute atomic E-state index is 0.273. The number of amides is 1. The lowest BCUT2D eigenvalue weighted by molar-refractivity contribution is 0.102. The Bertz CT molecular complexity index is 1300. The van der Waals surface area contributed by atoms with Crippen molar-refractivity contribution < 1.29 is 13.6 Å². The van der Waals surface area contributed by atoms with Gasteiger partial charge in [0, 0.05) is 30.5 Å². The molecule has 0 bridgehead atoms. The van der Waals surface area contributed by atoms with Crippen molar-refractivity contribution in [2.45, 2.75) is 18.9 Å². The number of halogens is 1. The van der Waals surface area contributed by atoms with Gasteiger partial charge in [0.05, 0.1) is 11.3 Å². The molecule has 0 aliphatic carbocycles. The van der Waals surface area contributed by atoms with Crippen LogP contribution in [0.5, 0.6) is 0 Å². The first-order chi connectivity index (χ1) is 16.5. The molecule has 0 radical (unpaired) electrons. The van der Waals surface area contributed by atoms with Crippen LogP contribution in [0.15, 0.2) is 65.2 Å². The summed E-state index contributed by atoms with van der Waals surface area (Å²) in [4.78, 5) is 26.2. The molecular weight excluding hydrogens is 433 g/mol. The topological polar surface area (TPSA) is 74.5 Å². The summed E-state index contributed by atoms with van der Waals surface area (Å²) in [6.07, 6.45) is 3.65. The lowest BCUT2D eigenvalue weighted by Crippen LogP contribution is -2.42. The molecule has 1 amide bonds. The van der Waals surface area contributed by atoms with Crippen molar-refractivity contribution in [1.29, 1.82) is 0 Å². The monoisotopic (exact) mass is 459 g/mol. The molecule has 1 fully saturated rings. The Kier molecular flexibility index (Phi) is 5.98. The maximum atomic E-state index is 13.1. The molecule has 1 aliphatic rings. The fourth-order valence-corrected chi connectivity index (χ4v) is 4.21. The lowest BCUT2D eigenvalue weighted by atomic mass is 10.0. The lowest BCUT2D eigenvalue weighted by Gasteiger charge is -2.34. The molecule has 4 aromatic rings. The third-order valence-corrected chi connectivity index (χ3v) is 6.34. The predicted octanol–water partition coefficient (Wildman–Crippen LogP) is 4.81. The molecule has 7 nitrogen and oxygen atoms in total. The van der Waals surface area contributed by atoms with Gasteiger partial charge < -0.3 is 19.5 Å². The van der Waals surface area contributed by atoms with Crippen molar-refractivity contribution in [2.24, 2.45) is 0 Å². The van der Waals surface area contributed by atoms with Gasteiger partial charge in [-0.25, -0.2) is 4.39 Å². The van der Waals surface area contributed by atoms with Crippen LogP contribution in [0.1, 0.15) is 23.2 Å². The van der Waals surface area contributed by atoms with Gasteiger partial charge in [-0.15, -0.1) is 0 Å². The number of nitrogens with one attached hydrogen (secondary N) is 1. The van der Waals surface area contributed by atoms with Crippen molar-refractivity contribution in [1.82, 2.24) is 14.9 Å². The van der Waals surface area contributed by atoms with Crippen LogP contribution in [-0.2, 0) is 0 Å². The molecule has 0 spiro atoms. The number of anilines is 2. The van der Waals surface area contributed by atoms with Crippen molar-refractivity contribution in [3.05, 3.63) is 72.2 Å². The third-order valence-electron chi connectivity index (χ3n) is 6.34. The highest BCUT2D eigenvalue weighted by Gasteiger charge is 2.24. The van der Waals surface area contributed by atoms with Crippen LogP contribution in [0.2, 0.25) is 0 Å². The number of nitrogens with zero attached hydrogens (tertiary/aromatic N) is 4. The first kappa shape index (κ1) is 22.0. The second-order valence-electron chi connectivity index (χ2n) is 8.72. The smallest absolute Gasteiger partial charge is 0.298 e. The Hall–Kier alpha value is -3.78. The standard InChI is InChI=1S/C26H26FN5O2/c1-31-13-11-21(12-14-31)32(2)26-30-23-15-20(8-10-24(23)34-26)29-25(33)18-5-9-22(28-16-18)17-3-6-19(27)7-4-17/h3-10,15-16,21H,11-14H2,1-2H3,(H,29,33). The van der Waals surface area contributed by atoms with E-state index in [4.69, 9.17) is 4.42 Å².